The molecular formula is C27H30N4O8S. The number of para-hydroxylation sites is 1. The van der Waals surface area contributed by atoms with Gasteiger partial charge in [-0.15, -0.1) is 11.3 Å². The van der Waals surface area contributed by atoms with Gasteiger partial charge >= 0.3 is 5.69 Å². The Labute approximate surface area is 232 Å². The van der Waals surface area contributed by atoms with Gasteiger partial charge in [0.25, 0.3) is 5.56 Å². The number of benzene rings is 1. The fourth-order valence-corrected chi connectivity index (χ4v) is 6.20. The molecule has 0 radical (unpaired) electrons. The maximum Gasteiger partial charge on any atom is 0.332 e. The normalized spacial score (nSPS) is 17.1. The third kappa shape index (κ3) is 5.08. The summed E-state index contributed by atoms with van der Waals surface area (Å²) in [6.45, 7) is 1.43. The van der Waals surface area contributed by atoms with Crippen molar-refractivity contribution in [2.75, 3.05) is 26.9 Å². The molecule has 1 fully saturated rings. The summed E-state index contributed by atoms with van der Waals surface area (Å²) < 4.78 is 19.5. The molecule has 0 saturated carbocycles. The number of ether oxygens (including phenoxy) is 2. The Hall–Kier alpha value is -3.78. The van der Waals surface area contributed by atoms with E-state index >= 15 is 0 Å². The molecular weight excluding hydrogens is 540 g/mol. The largest absolute Gasteiger partial charge is 0.496 e. The van der Waals surface area contributed by atoms with Gasteiger partial charge in [-0.3, -0.25) is 14.2 Å². The van der Waals surface area contributed by atoms with Crippen molar-refractivity contribution < 1.29 is 28.9 Å². The SMILES string of the molecule is COc1ccccc1[C@H](Cn1c(=O)n(C2CCCNC2=O)c(=O)c2c(C)c(-c3ncco3)sc21)OCC(O)CO. The summed E-state index contributed by atoms with van der Waals surface area (Å²) >= 11 is 1.19. The van der Waals surface area contributed by atoms with Crippen LogP contribution in [0, 0.1) is 6.92 Å². The van der Waals surface area contributed by atoms with Crippen molar-refractivity contribution in [2.45, 2.75) is 44.6 Å². The molecule has 1 aliphatic rings. The predicted octanol–water partition coefficient (Wildman–Crippen LogP) is 1.76. The number of amides is 1. The molecule has 3 N–H and O–H groups in total. The van der Waals surface area contributed by atoms with E-state index in [1.807, 2.05) is 0 Å². The van der Waals surface area contributed by atoms with E-state index in [1.54, 1.807) is 31.2 Å². The molecule has 212 valence electrons. The number of fused-ring (bicyclic) bond motifs is 1. The molecule has 40 heavy (non-hydrogen) atoms. The first-order chi connectivity index (χ1) is 19.3. The minimum Gasteiger partial charge on any atom is -0.496 e. The Balaban J connectivity index is 1.73. The molecule has 4 heterocycles. The molecule has 0 bridgehead atoms. The summed E-state index contributed by atoms with van der Waals surface area (Å²) in [6, 6.07) is 6.14. The number of thiophene rings is 1. The van der Waals surface area contributed by atoms with Gasteiger partial charge in [0.15, 0.2) is 0 Å². The van der Waals surface area contributed by atoms with Crippen molar-refractivity contribution in [1.82, 2.24) is 19.4 Å². The van der Waals surface area contributed by atoms with E-state index in [-0.39, 0.29) is 24.4 Å². The van der Waals surface area contributed by atoms with Crippen molar-refractivity contribution in [3.63, 3.8) is 0 Å². The average Bonchev–Trinajstić information content (AvgIpc) is 3.61. The van der Waals surface area contributed by atoms with Gasteiger partial charge < -0.3 is 29.4 Å². The lowest BCUT2D eigenvalue weighted by Crippen LogP contribution is -2.49. The number of aromatic nitrogens is 3. The minimum absolute atomic E-state index is 0.0759. The van der Waals surface area contributed by atoms with Crippen molar-refractivity contribution in [3.05, 3.63) is 68.7 Å². The Morgan fingerprint density at radius 3 is 2.77 bits per heavy atom. The third-order valence-electron chi connectivity index (χ3n) is 6.97. The van der Waals surface area contributed by atoms with Crippen LogP contribution in [-0.2, 0) is 16.1 Å². The number of methoxy groups -OCH3 is 1. The maximum absolute atomic E-state index is 14.1. The van der Waals surface area contributed by atoms with Gasteiger partial charge in [0.05, 0.1) is 43.3 Å². The number of carbonyl (C=O) groups is 1. The van der Waals surface area contributed by atoms with Gasteiger partial charge in [-0.2, -0.15) is 0 Å². The van der Waals surface area contributed by atoms with E-state index in [9.17, 15) is 24.6 Å². The molecule has 1 saturated heterocycles. The fraction of sp³-hybridized carbons (Fsp3) is 0.407. The number of nitrogens with one attached hydrogen (secondary N) is 1. The smallest absolute Gasteiger partial charge is 0.332 e. The number of rotatable bonds is 10. The quantitative estimate of drug-likeness (QED) is 0.258. The first-order valence-corrected chi connectivity index (χ1v) is 13.7. The van der Waals surface area contributed by atoms with Gasteiger partial charge in [0.1, 0.15) is 35.1 Å². The highest BCUT2D eigenvalue weighted by Gasteiger charge is 2.32. The van der Waals surface area contributed by atoms with Gasteiger partial charge in [-0.05, 0) is 31.4 Å². The van der Waals surface area contributed by atoms with Crippen molar-refractivity contribution in [3.8, 4) is 16.5 Å². The molecule has 2 unspecified atom stereocenters. The van der Waals surface area contributed by atoms with E-state index in [0.29, 0.717) is 51.9 Å². The number of aliphatic hydroxyl groups excluding tert-OH is 2. The van der Waals surface area contributed by atoms with Crippen LogP contribution < -0.4 is 21.3 Å². The van der Waals surface area contributed by atoms with Crippen LogP contribution in [0.25, 0.3) is 21.0 Å². The summed E-state index contributed by atoms with van der Waals surface area (Å²) in [7, 11) is 1.51. The first kappa shape index (κ1) is 27.8. The zero-order chi connectivity index (χ0) is 28.4. The van der Waals surface area contributed by atoms with Crippen LogP contribution in [0.1, 0.15) is 36.1 Å². The van der Waals surface area contributed by atoms with Crippen molar-refractivity contribution >= 4 is 27.5 Å². The summed E-state index contributed by atoms with van der Waals surface area (Å²) in [5.74, 6) is 0.418. The lowest BCUT2D eigenvalue weighted by molar-refractivity contribution is -0.126. The molecule has 5 rings (SSSR count). The Bertz CT molecular complexity index is 1620. The molecule has 1 aromatic carbocycles. The fourth-order valence-electron chi connectivity index (χ4n) is 4.96. The second kappa shape index (κ2) is 11.8. The maximum atomic E-state index is 14.1. The van der Waals surface area contributed by atoms with Crippen LogP contribution in [-0.4, -0.2) is 63.2 Å². The van der Waals surface area contributed by atoms with Crippen LogP contribution in [0.2, 0.25) is 0 Å². The van der Waals surface area contributed by atoms with E-state index in [0.717, 1.165) is 4.57 Å². The lowest BCUT2D eigenvalue weighted by Gasteiger charge is -2.26. The van der Waals surface area contributed by atoms with Gasteiger partial charge in [0.2, 0.25) is 11.8 Å². The second-order valence-corrected chi connectivity index (χ2v) is 10.5. The van der Waals surface area contributed by atoms with Crippen LogP contribution in [0.3, 0.4) is 0 Å². The summed E-state index contributed by atoms with van der Waals surface area (Å²) in [6.07, 6.45) is 1.92. The summed E-state index contributed by atoms with van der Waals surface area (Å²) in [5.41, 5.74) is -0.0394. The second-order valence-electron chi connectivity index (χ2n) is 9.49. The van der Waals surface area contributed by atoms with Crippen molar-refractivity contribution in [2.24, 2.45) is 0 Å². The minimum atomic E-state index is -1.14. The molecule has 0 aliphatic carbocycles. The number of aryl methyl sites for hydroxylation is 1. The number of nitrogens with zero attached hydrogens (tertiary/aromatic N) is 3. The number of hydrogen-bond donors (Lipinski definition) is 3. The van der Waals surface area contributed by atoms with Crippen LogP contribution in [0.5, 0.6) is 5.75 Å². The van der Waals surface area contributed by atoms with Gasteiger partial charge in [-0.1, -0.05) is 18.2 Å². The summed E-state index contributed by atoms with van der Waals surface area (Å²) in [4.78, 5) is 46.0. The van der Waals surface area contributed by atoms with Crippen LogP contribution >= 0.6 is 11.3 Å². The topological polar surface area (TPSA) is 158 Å². The van der Waals surface area contributed by atoms with E-state index in [4.69, 9.17) is 13.9 Å². The molecule has 1 aliphatic heterocycles. The molecule has 0 spiro atoms. The number of aliphatic hydroxyl groups is 2. The standard InChI is InChI=1S/C27H30N4O8S/c1-15-21-25(35)31(18-7-5-9-28-23(18)34)27(36)30(26(21)40-22(15)24-29-10-11-38-24)12-20(39-14-16(33)13-32)17-6-3-4-8-19(17)37-2/h3-4,6,8,10-11,16,18,20,32-33H,5,7,9,12-14H2,1-2H3,(H,28,34)/t16?,18?,20-/m0/s1. The molecule has 3 atom stereocenters. The van der Waals surface area contributed by atoms with Crippen LogP contribution in [0.15, 0.2) is 50.7 Å². The molecule has 1 amide bonds. The highest BCUT2D eigenvalue weighted by Crippen LogP contribution is 2.37. The van der Waals surface area contributed by atoms with Crippen LogP contribution in [0.4, 0.5) is 0 Å². The number of oxazole rings is 1. The highest BCUT2D eigenvalue weighted by molar-refractivity contribution is 7.22. The molecule has 12 nitrogen and oxygen atoms in total. The number of carbonyl (C=O) groups excluding carboxylic acids is 1. The Morgan fingerprint density at radius 2 is 2.08 bits per heavy atom. The molecule has 4 aromatic rings. The van der Waals surface area contributed by atoms with E-state index in [2.05, 4.69) is 10.3 Å². The highest BCUT2D eigenvalue weighted by atomic mass is 32.1. The Morgan fingerprint density at radius 1 is 1.27 bits per heavy atom. The third-order valence-corrected chi connectivity index (χ3v) is 8.27. The molecule has 3 aromatic heterocycles. The number of piperidine rings is 1. The van der Waals surface area contributed by atoms with Gasteiger partial charge in [0, 0.05) is 12.1 Å². The monoisotopic (exact) mass is 570 g/mol. The summed E-state index contributed by atoms with van der Waals surface area (Å²) in [5, 5.41) is 22.4. The van der Waals surface area contributed by atoms with Gasteiger partial charge in [-0.25, -0.2) is 14.3 Å². The predicted molar refractivity (Wildman–Crippen MR) is 147 cm³/mol. The van der Waals surface area contributed by atoms with E-state index in [1.165, 1.54) is 35.5 Å². The first-order valence-electron chi connectivity index (χ1n) is 12.8. The zero-order valence-corrected chi connectivity index (χ0v) is 22.8. The lowest BCUT2D eigenvalue weighted by atomic mass is 10.1. The molecule has 13 heteroatoms. The van der Waals surface area contributed by atoms with E-state index < -0.39 is 36.1 Å². The number of hydrogen-bond acceptors (Lipinski definition) is 10. The average molecular weight is 571 g/mol. The zero-order valence-electron chi connectivity index (χ0n) is 22.0. The Kier molecular flexibility index (Phi) is 8.17. The van der Waals surface area contributed by atoms with Crippen molar-refractivity contribution in [1.29, 1.82) is 0 Å².